The van der Waals surface area contributed by atoms with Crippen LogP contribution in [0.25, 0.3) is 0 Å². The fraction of sp³-hybridized carbons (Fsp3) is 0.412. The van der Waals surface area contributed by atoms with Crippen LogP contribution in [0.2, 0.25) is 0 Å². The van der Waals surface area contributed by atoms with E-state index in [1.165, 1.54) is 27.8 Å². The Balaban J connectivity index is 2.31. The average Bonchev–Trinajstić information content (AvgIpc) is 2.65. The van der Waals surface area contributed by atoms with Crippen LogP contribution in [0.1, 0.15) is 45.4 Å². The summed E-state index contributed by atoms with van der Waals surface area (Å²) in [5.41, 5.74) is 9.23. The van der Waals surface area contributed by atoms with Crippen LogP contribution in [-0.2, 0) is 6.42 Å². The lowest BCUT2D eigenvalue weighted by Gasteiger charge is -2.17. The molecule has 0 spiro atoms. The van der Waals surface area contributed by atoms with Gasteiger partial charge < -0.3 is 4.42 Å². The van der Waals surface area contributed by atoms with Crippen molar-refractivity contribution in [3.63, 3.8) is 0 Å². The van der Waals surface area contributed by atoms with Crippen LogP contribution >= 0.6 is 0 Å². The zero-order valence-corrected chi connectivity index (χ0v) is 13.0. The highest BCUT2D eigenvalue weighted by molar-refractivity contribution is 5.37. The van der Waals surface area contributed by atoms with E-state index < -0.39 is 0 Å². The normalized spacial score (nSPS) is 12.7. The fourth-order valence-corrected chi connectivity index (χ4v) is 2.73. The molecule has 3 heteroatoms. The Bertz CT molecular complexity index is 614. The molecule has 0 radical (unpaired) electrons. The lowest BCUT2D eigenvalue weighted by atomic mass is 9.94. The smallest absolute Gasteiger partial charge is 0.106 e. The minimum atomic E-state index is 0.0783. The largest absolute Gasteiger partial charge is 0.466 e. The fourth-order valence-electron chi connectivity index (χ4n) is 2.73. The lowest BCUT2D eigenvalue weighted by Crippen LogP contribution is -2.30. The average molecular weight is 272 g/mol. The molecule has 0 bridgehead atoms. The number of hydrazine groups is 1. The number of nitrogens with two attached hydrogens (primary N) is 1. The zero-order chi connectivity index (χ0) is 14.9. The van der Waals surface area contributed by atoms with Crippen LogP contribution in [0.3, 0.4) is 0 Å². The number of hydrogen-bond acceptors (Lipinski definition) is 3. The zero-order valence-electron chi connectivity index (χ0n) is 13.0. The Morgan fingerprint density at radius 1 is 1.05 bits per heavy atom. The first-order valence-electron chi connectivity index (χ1n) is 7.02. The molecule has 0 fully saturated rings. The van der Waals surface area contributed by atoms with Gasteiger partial charge in [0.1, 0.15) is 11.5 Å². The molecule has 0 amide bonds. The van der Waals surface area contributed by atoms with Gasteiger partial charge in [-0.3, -0.25) is 11.3 Å². The molecule has 1 unspecified atom stereocenters. The molecular weight excluding hydrogens is 248 g/mol. The SMILES string of the molecule is Cc1ccc(CC(NN)c2c(C)oc(C)c2C)cc1C. The van der Waals surface area contributed by atoms with Crippen molar-refractivity contribution in [1.82, 2.24) is 5.43 Å². The number of hydrogen-bond donors (Lipinski definition) is 2. The lowest BCUT2D eigenvalue weighted by molar-refractivity contribution is 0.484. The molecule has 0 aliphatic rings. The highest BCUT2D eigenvalue weighted by Gasteiger charge is 2.20. The van der Waals surface area contributed by atoms with Gasteiger partial charge >= 0.3 is 0 Å². The van der Waals surface area contributed by atoms with Crippen molar-refractivity contribution in [3.8, 4) is 0 Å². The van der Waals surface area contributed by atoms with Gasteiger partial charge in [0, 0.05) is 5.56 Å². The quantitative estimate of drug-likeness (QED) is 0.661. The summed E-state index contributed by atoms with van der Waals surface area (Å²) in [6.45, 7) is 10.4. The van der Waals surface area contributed by atoms with E-state index in [0.717, 1.165) is 17.9 Å². The van der Waals surface area contributed by atoms with Gasteiger partial charge in [0.2, 0.25) is 0 Å². The third-order valence-corrected chi connectivity index (χ3v) is 4.18. The van der Waals surface area contributed by atoms with Gasteiger partial charge in [-0.25, -0.2) is 0 Å². The van der Waals surface area contributed by atoms with Gasteiger partial charge in [0.25, 0.3) is 0 Å². The summed E-state index contributed by atoms with van der Waals surface area (Å²) in [4.78, 5) is 0. The van der Waals surface area contributed by atoms with Crippen molar-refractivity contribution in [1.29, 1.82) is 0 Å². The molecule has 1 aromatic heterocycles. The monoisotopic (exact) mass is 272 g/mol. The molecule has 108 valence electrons. The van der Waals surface area contributed by atoms with Crippen molar-refractivity contribution in [3.05, 3.63) is 57.5 Å². The van der Waals surface area contributed by atoms with Gasteiger partial charge in [0.05, 0.1) is 6.04 Å². The van der Waals surface area contributed by atoms with E-state index in [4.69, 9.17) is 10.3 Å². The maximum Gasteiger partial charge on any atom is 0.106 e. The predicted molar refractivity (Wildman–Crippen MR) is 82.6 cm³/mol. The molecule has 2 rings (SSSR count). The first-order chi connectivity index (χ1) is 9.43. The van der Waals surface area contributed by atoms with E-state index in [9.17, 15) is 0 Å². The van der Waals surface area contributed by atoms with E-state index in [2.05, 4.69) is 44.4 Å². The van der Waals surface area contributed by atoms with Crippen molar-refractivity contribution in [2.24, 2.45) is 5.84 Å². The molecule has 2 aromatic rings. The maximum absolute atomic E-state index is 5.78. The topological polar surface area (TPSA) is 51.2 Å². The van der Waals surface area contributed by atoms with E-state index >= 15 is 0 Å². The first-order valence-corrected chi connectivity index (χ1v) is 7.02. The number of furan rings is 1. The van der Waals surface area contributed by atoms with E-state index in [1.54, 1.807) is 0 Å². The molecule has 0 saturated heterocycles. The minimum Gasteiger partial charge on any atom is -0.466 e. The van der Waals surface area contributed by atoms with Crippen molar-refractivity contribution < 1.29 is 4.42 Å². The van der Waals surface area contributed by atoms with Crippen LogP contribution in [0.15, 0.2) is 22.6 Å². The third kappa shape index (κ3) is 2.79. The van der Waals surface area contributed by atoms with Gasteiger partial charge in [-0.2, -0.15) is 0 Å². The molecule has 1 heterocycles. The Labute approximate surface area is 121 Å². The number of nitrogens with one attached hydrogen (secondary N) is 1. The van der Waals surface area contributed by atoms with Crippen molar-refractivity contribution >= 4 is 0 Å². The molecule has 1 aromatic carbocycles. The first kappa shape index (κ1) is 14.8. The Kier molecular flexibility index (Phi) is 4.31. The van der Waals surface area contributed by atoms with E-state index in [1.807, 2.05) is 13.8 Å². The molecule has 20 heavy (non-hydrogen) atoms. The molecule has 1 atom stereocenters. The van der Waals surface area contributed by atoms with E-state index in [0.29, 0.717) is 0 Å². The van der Waals surface area contributed by atoms with E-state index in [-0.39, 0.29) is 6.04 Å². The summed E-state index contributed by atoms with van der Waals surface area (Å²) in [6, 6.07) is 6.65. The van der Waals surface area contributed by atoms with Crippen molar-refractivity contribution in [2.75, 3.05) is 0 Å². The third-order valence-electron chi connectivity index (χ3n) is 4.18. The summed E-state index contributed by atoms with van der Waals surface area (Å²) in [5.74, 6) is 7.70. The van der Waals surface area contributed by atoms with Gasteiger partial charge in [0.15, 0.2) is 0 Å². The maximum atomic E-state index is 5.78. The van der Waals surface area contributed by atoms with Crippen LogP contribution in [0.4, 0.5) is 0 Å². The van der Waals surface area contributed by atoms with Crippen LogP contribution in [-0.4, -0.2) is 0 Å². The number of benzene rings is 1. The molecule has 0 saturated carbocycles. The van der Waals surface area contributed by atoms with Gasteiger partial charge in [-0.1, -0.05) is 18.2 Å². The molecular formula is C17H24N2O. The van der Waals surface area contributed by atoms with Gasteiger partial charge in [-0.05, 0) is 63.3 Å². The highest BCUT2D eigenvalue weighted by atomic mass is 16.3. The minimum absolute atomic E-state index is 0.0783. The standard InChI is InChI=1S/C17H24N2O/c1-10-6-7-15(8-11(10)2)9-16(19-18)17-12(3)13(4)20-14(17)5/h6-8,16,19H,9,18H2,1-5H3. The second-order valence-electron chi connectivity index (χ2n) is 5.60. The Hall–Kier alpha value is -1.58. The molecule has 0 aliphatic carbocycles. The molecule has 0 aliphatic heterocycles. The summed E-state index contributed by atoms with van der Waals surface area (Å²) >= 11 is 0. The van der Waals surface area contributed by atoms with Crippen LogP contribution < -0.4 is 11.3 Å². The highest BCUT2D eigenvalue weighted by Crippen LogP contribution is 2.29. The Morgan fingerprint density at radius 2 is 1.75 bits per heavy atom. The Morgan fingerprint density at radius 3 is 2.25 bits per heavy atom. The number of rotatable bonds is 4. The van der Waals surface area contributed by atoms with Crippen LogP contribution in [0, 0.1) is 34.6 Å². The second-order valence-corrected chi connectivity index (χ2v) is 5.60. The van der Waals surface area contributed by atoms with Gasteiger partial charge in [-0.15, -0.1) is 0 Å². The summed E-state index contributed by atoms with van der Waals surface area (Å²) < 4.78 is 5.71. The summed E-state index contributed by atoms with van der Waals surface area (Å²) in [6.07, 6.45) is 0.859. The number of aryl methyl sites for hydroxylation is 4. The van der Waals surface area contributed by atoms with Crippen molar-refractivity contribution in [2.45, 2.75) is 47.1 Å². The second kappa shape index (κ2) is 5.81. The summed E-state index contributed by atoms with van der Waals surface area (Å²) in [7, 11) is 0. The summed E-state index contributed by atoms with van der Waals surface area (Å²) in [5, 5.41) is 0. The molecule has 3 nitrogen and oxygen atoms in total. The predicted octanol–water partition coefficient (Wildman–Crippen LogP) is 3.57. The van der Waals surface area contributed by atoms with Crippen LogP contribution in [0.5, 0.6) is 0 Å². The molecule has 3 N–H and O–H groups in total.